The molecular weight excluding hydrogens is 383 g/mol. The van der Waals surface area contributed by atoms with Gasteiger partial charge in [-0.05, 0) is 30.7 Å². The Morgan fingerprint density at radius 2 is 2.11 bits per heavy atom. The Kier molecular flexibility index (Phi) is 5.19. The highest BCUT2D eigenvalue weighted by Gasteiger charge is 2.34. The number of hydrogen-bond acceptors (Lipinski definition) is 4. The molecular formula is C18H17ClF3N3O2. The number of carbonyl (C=O) groups excluding carboxylic acids is 1. The van der Waals surface area contributed by atoms with Crippen LogP contribution in [0.2, 0.25) is 5.02 Å². The van der Waals surface area contributed by atoms with E-state index in [4.69, 9.17) is 16.3 Å². The fraction of sp³-hybridized carbons (Fsp3) is 0.333. The SMILES string of the molecule is CNc1nccc2c1CN(C(C)c1ccc(OCC(F)(F)F)c(Cl)c1)C2=O. The largest absolute Gasteiger partial charge is 0.483 e. The highest BCUT2D eigenvalue weighted by Crippen LogP contribution is 2.36. The topological polar surface area (TPSA) is 54.5 Å². The van der Waals surface area contributed by atoms with Gasteiger partial charge in [-0.2, -0.15) is 13.2 Å². The third kappa shape index (κ3) is 3.95. The number of benzene rings is 1. The van der Waals surface area contributed by atoms with Crippen molar-refractivity contribution in [1.29, 1.82) is 0 Å². The van der Waals surface area contributed by atoms with Crippen LogP contribution in [0.15, 0.2) is 30.5 Å². The van der Waals surface area contributed by atoms with Gasteiger partial charge in [0.15, 0.2) is 6.61 Å². The van der Waals surface area contributed by atoms with Crippen LogP contribution in [0.25, 0.3) is 0 Å². The van der Waals surface area contributed by atoms with Gasteiger partial charge < -0.3 is 15.0 Å². The predicted octanol–water partition coefficient (Wildman–Crippen LogP) is 4.43. The zero-order chi connectivity index (χ0) is 19.8. The molecule has 1 atom stereocenters. The molecule has 0 fully saturated rings. The Hall–Kier alpha value is -2.48. The van der Waals surface area contributed by atoms with E-state index in [1.807, 2.05) is 6.92 Å². The summed E-state index contributed by atoms with van der Waals surface area (Å²) < 4.78 is 41.6. The van der Waals surface area contributed by atoms with E-state index in [0.29, 0.717) is 23.5 Å². The number of ether oxygens (including phenoxy) is 1. The molecule has 1 N–H and O–H groups in total. The van der Waals surface area contributed by atoms with Gasteiger partial charge in [-0.15, -0.1) is 0 Å². The van der Waals surface area contributed by atoms with Crippen molar-refractivity contribution < 1.29 is 22.7 Å². The number of anilines is 1. The number of nitrogens with zero attached hydrogens (tertiary/aromatic N) is 2. The summed E-state index contributed by atoms with van der Waals surface area (Å²) in [7, 11) is 1.73. The molecule has 0 spiro atoms. The smallest absolute Gasteiger partial charge is 0.422 e. The second kappa shape index (κ2) is 7.26. The molecule has 5 nitrogen and oxygen atoms in total. The lowest BCUT2D eigenvalue weighted by Gasteiger charge is -2.25. The maximum absolute atomic E-state index is 12.7. The van der Waals surface area contributed by atoms with Crippen molar-refractivity contribution >= 4 is 23.3 Å². The van der Waals surface area contributed by atoms with Crippen LogP contribution in [0.3, 0.4) is 0 Å². The number of alkyl halides is 3. The molecule has 2 heterocycles. The first-order valence-corrected chi connectivity index (χ1v) is 8.54. The van der Waals surface area contributed by atoms with E-state index in [0.717, 1.165) is 5.56 Å². The van der Waals surface area contributed by atoms with Crippen molar-refractivity contribution in [3.63, 3.8) is 0 Å². The fourth-order valence-corrected chi connectivity index (χ4v) is 3.26. The van der Waals surface area contributed by atoms with Gasteiger partial charge >= 0.3 is 6.18 Å². The van der Waals surface area contributed by atoms with Crippen molar-refractivity contribution in [1.82, 2.24) is 9.88 Å². The molecule has 0 bridgehead atoms. The van der Waals surface area contributed by atoms with Gasteiger partial charge in [-0.1, -0.05) is 17.7 Å². The summed E-state index contributed by atoms with van der Waals surface area (Å²) in [4.78, 5) is 18.6. The highest BCUT2D eigenvalue weighted by molar-refractivity contribution is 6.32. The van der Waals surface area contributed by atoms with Crippen LogP contribution in [0.4, 0.5) is 19.0 Å². The van der Waals surface area contributed by atoms with Gasteiger partial charge in [0.1, 0.15) is 11.6 Å². The van der Waals surface area contributed by atoms with E-state index < -0.39 is 12.8 Å². The van der Waals surface area contributed by atoms with Gasteiger partial charge in [-0.25, -0.2) is 4.98 Å². The molecule has 1 unspecified atom stereocenters. The van der Waals surface area contributed by atoms with E-state index in [9.17, 15) is 18.0 Å². The number of aromatic nitrogens is 1. The van der Waals surface area contributed by atoms with E-state index in [-0.39, 0.29) is 22.7 Å². The van der Waals surface area contributed by atoms with E-state index in [1.165, 1.54) is 12.1 Å². The van der Waals surface area contributed by atoms with Crippen LogP contribution in [0.1, 0.15) is 34.5 Å². The minimum Gasteiger partial charge on any atom is -0.483 e. The maximum atomic E-state index is 12.7. The van der Waals surface area contributed by atoms with E-state index in [1.54, 1.807) is 30.3 Å². The second-order valence-corrected chi connectivity index (χ2v) is 6.55. The van der Waals surface area contributed by atoms with Crippen molar-refractivity contribution in [3.05, 3.63) is 52.2 Å². The number of hydrogen-bond donors (Lipinski definition) is 1. The van der Waals surface area contributed by atoms with Gasteiger partial charge in [0, 0.05) is 24.4 Å². The zero-order valence-electron chi connectivity index (χ0n) is 14.6. The average Bonchev–Trinajstić information content (AvgIpc) is 2.96. The van der Waals surface area contributed by atoms with Crippen LogP contribution in [0.5, 0.6) is 5.75 Å². The fourth-order valence-electron chi connectivity index (χ4n) is 3.01. The third-order valence-electron chi connectivity index (χ3n) is 4.41. The van der Waals surface area contributed by atoms with Crippen LogP contribution >= 0.6 is 11.6 Å². The summed E-state index contributed by atoms with van der Waals surface area (Å²) in [6, 6.07) is 5.85. The Bertz CT molecular complexity index is 873. The molecule has 0 radical (unpaired) electrons. The van der Waals surface area contributed by atoms with Gasteiger partial charge in [0.2, 0.25) is 0 Å². The lowest BCUT2D eigenvalue weighted by molar-refractivity contribution is -0.153. The third-order valence-corrected chi connectivity index (χ3v) is 4.70. The standard InChI is InChI=1S/C18H17ClF3N3O2/c1-10(11-3-4-15(14(19)7-11)27-9-18(20,21)22)25-8-13-12(17(25)26)5-6-24-16(13)23-2/h3-7,10H,8-9H2,1-2H3,(H,23,24). The molecule has 1 aliphatic rings. The highest BCUT2D eigenvalue weighted by atomic mass is 35.5. The van der Waals surface area contributed by atoms with E-state index in [2.05, 4.69) is 10.3 Å². The monoisotopic (exact) mass is 399 g/mol. The number of amides is 1. The Morgan fingerprint density at radius 1 is 1.37 bits per heavy atom. The number of fused-ring (bicyclic) bond motifs is 1. The van der Waals surface area contributed by atoms with Crippen LogP contribution in [-0.2, 0) is 6.54 Å². The summed E-state index contributed by atoms with van der Waals surface area (Å²) in [5, 5.41) is 3.03. The molecule has 0 saturated carbocycles. The quantitative estimate of drug-likeness (QED) is 0.807. The molecule has 1 aliphatic heterocycles. The molecule has 1 aromatic carbocycles. The number of rotatable bonds is 5. The molecule has 0 saturated heterocycles. The van der Waals surface area contributed by atoms with Crippen molar-refractivity contribution in [2.45, 2.75) is 25.7 Å². The van der Waals surface area contributed by atoms with Crippen molar-refractivity contribution in [2.75, 3.05) is 19.0 Å². The molecule has 2 aromatic rings. The summed E-state index contributed by atoms with van der Waals surface area (Å²) in [5.74, 6) is 0.456. The average molecular weight is 400 g/mol. The minimum absolute atomic E-state index is 0.0531. The summed E-state index contributed by atoms with van der Waals surface area (Å²) in [6.07, 6.45) is -2.87. The summed E-state index contributed by atoms with van der Waals surface area (Å²) >= 11 is 6.07. The molecule has 144 valence electrons. The lowest BCUT2D eigenvalue weighted by Crippen LogP contribution is -2.27. The van der Waals surface area contributed by atoms with Gasteiger partial charge in [-0.3, -0.25) is 4.79 Å². The first kappa shape index (κ1) is 19.3. The zero-order valence-corrected chi connectivity index (χ0v) is 15.4. The number of halogens is 4. The summed E-state index contributed by atoms with van der Waals surface area (Å²) in [5.41, 5.74) is 2.09. The predicted molar refractivity (Wildman–Crippen MR) is 95.1 cm³/mol. The molecule has 1 amide bonds. The summed E-state index contributed by atoms with van der Waals surface area (Å²) in [6.45, 7) is 0.794. The Balaban J connectivity index is 1.80. The minimum atomic E-state index is -4.44. The lowest BCUT2D eigenvalue weighted by atomic mass is 10.1. The first-order valence-electron chi connectivity index (χ1n) is 8.17. The Morgan fingerprint density at radius 3 is 2.74 bits per heavy atom. The molecule has 3 rings (SSSR count). The Labute approximate surface area is 159 Å². The maximum Gasteiger partial charge on any atom is 0.422 e. The molecule has 1 aromatic heterocycles. The number of carbonyl (C=O) groups is 1. The second-order valence-electron chi connectivity index (χ2n) is 6.14. The van der Waals surface area contributed by atoms with Crippen LogP contribution in [0, 0.1) is 0 Å². The molecule has 0 aliphatic carbocycles. The molecule has 9 heteroatoms. The van der Waals surface area contributed by atoms with Gasteiger partial charge in [0.25, 0.3) is 5.91 Å². The normalized spacial score (nSPS) is 14.9. The number of pyridine rings is 1. The van der Waals surface area contributed by atoms with Gasteiger partial charge in [0.05, 0.1) is 17.6 Å². The van der Waals surface area contributed by atoms with Crippen LogP contribution in [-0.4, -0.2) is 35.6 Å². The van der Waals surface area contributed by atoms with E-state index >= 15 is 0 Å². The number of nitrogens with one attached hydrogen (secondary N) is 1. The van der Waals surface area contributed by atoms with Crippen molar-refractivity contribution in [2.24, 2.45) is 0 Å². The molecule has 27 heavy (non-hydrogen) atoms. The van der Waals surface area contributed by atoms with Crippen LogP contribution < -0.4 is 10.1 Å². The van der Waals surface area contributed by atoms with Crippen molar-refractivity contribution in [3.8, 4) is 5.75 Å². The first-order chi connectivity index (χ1) is 12.7.